The molecule has 180 valence electrons. The Morgan fingerprint density at radius 1 is 1.00 bits per heavy atom. The summed E-state index contributed by atoms with van der Waals surface area (Å²) in [5, 5.41) is 0. The third-order valence-electron chi connectivity index (χ3n) is 6.41. The summed E-state index contributed by atoms with van der Waals surface area (Å²) in [5.41, 5.74) is 4.07. The molecular weight excluding hydrogens is 438 g/mol. The number of imidazole rings is 1. The summed E-state index contributed by atoms with van der Waals surface area (Å²) in [6, 6.07) is 24.1. The third kappa shape index (κ3) is 4.87. The summed E-state index contributed by atoms with van der Waals surface area (Å²) in [6.07, 6.45) is 1.28. The molecule has 0 saturated carbocycles. The average Bonchev–Trinajstić information content (AvgIpc) is 3.43. The Bertz CT molecular complexity index is 1330. The van der Waals surface area contributed by atoms with Gasteiger partial charge in [-0.3, -0.25) is 4.79 Å². The first-order valence-corrected chi connectivity index (χ1v) is 12.3. The average molecular weight is 470 g/mol. The SMILES string of the molecule is CCOc1ccccc1N1C[C@H](c2nc3ccccc3n2CCCOc2cccc(C)c2)CC1=O. The van der Waals surface area contributed by atoms with Gasteiger partial charge in [0, 0.05) is 25.4 Å². The number of nitrogens with zero attached hydrogens (tertiary/aromatic N) is 3. The lowest BCUT2D eigenvalue weighted by atomic mass is 10.1. The van der Waals surface area contributed by atoms with Crippen molar-refractivity contribution < 1.29 is 14.3 Å². The van der Waals surface area contributed by atoms with Gasteiger partial charge in [-0.25, -0.2) is 4.98 Å². The Balaban J connectivity index is 1.36. The molecule has 1 atom stereocenters. The monoisotopic (exact) mass is 469 g/mol. The topological polar surface area (TPSA) is 56.6 Å². The number of para-hydroxylation sites is 4. The van der Waals surface area contributed by atoms with Gasteiger partial charge in [0.1, 0.15) is 17.3 Å². The van der Waals surface area contributed by atoms with Crippen molar-refractivity contribution in [3.63, 3.8) is 0 Å². The molecule has 1 amide bonds. The first kappa shape index (κ1) is 23.0. The number of rotatable bonds is 9. The van der Waals surface area contributed by atoms with Gasteiger partial charge in [-0.2, -0.15) is 0 Å². The number of ether oxygens (including phenoxy) is 2. The second-order valence-corrected chi connectivity index (χ2v) is 8.94. The largest absolute Gasteiger partial charge is 0.494 e. The van der Waals surface area contributed by atoms with Gasteiger partial charge in [0.15, 0.2) is 0 Å². The van der Waals surface area contributed by atoms with Crippen LogP contribution in [0.3, 0.4) is 0 Å². The maximum atomic E-state index is 13.1. The molecule has 0 aliphatic carbocycles. The molecule has 1 aliphatic rings. The van der Waals surface area contributed by atoms with E-state index in [1.165, 1.54) is 5.56 Å². The summed E-state index contributed by atoms with van der Waals surface area (Å²) in [7, 11) is 0. The number of hydrogen-bond acceptors (Lipinski definition) is 4. The van der Waals surface area contributed by atoms with Gasteiger partial charge >= 0.3 is 0 Å². The van der Waals surface area contributed by atoms with Crippen molar-refractivity contribution in [2.24, 2.45) is 0 Å². The second-order valence-electron chi connectivity index (χ2n) is 8.94. The van der Waals surface area contributed by atoms with Crippen LogP contribution in [0.1, 0.15) is 37.1 Å². The molecule has 5 rings (SSSR count). The zero-order valence-corrected chi connectivity index (χ0v) is 20.3. The van der Waals surface area contributed by atoms with Crippen LogP contribution in [0, 0.1) is 6.92 Å². The molecule has 0 N–H and O–H groups in total. The van der Waals surface area contributed by atoms with Crippen LogP contribution in [0.5, 0.6) is 11.5 Å². The highest BCUT2D eigenvalue weighted by Crippen LogP contribution is 2.37. The molecule has 35 heavy (non-hydrogen) atoms. The fourth-order valence-electron chi connectivity index (χ4n) is 4.83. The van der Waals surface area contributed by atoms with Gasteiger partial charge in [-0.05, 0) is 62.2 Å². The van der Waals surface area contributed by atoms with E-state index in [9.17, 15) is 4.79 Å². The molecule has 1 fully saturated rings. The van der Waals surface area contributed by atoms with Crippen LogP contribution < -0.4 is 14.4 Å². The summed E-state index contributed by atoms with van der Waals surface area (Å²) < 4.78 is 14.0. The number of fused-ring (bicyclic) bond motifs is 1. The molecule has 1 aliphatic heterocycles. The molecule has 3 aromatic carbocycles. The number of hydrogen-bond donors (Lipinski definition) is 0. The summed E-state index contributed by atoms with van der Waals surface area (Å²) >= 11 is 0. The minimum atomic E-state index is 0.0160. The zero-order chi connectivity index (χ0) is 24.2. The highest BCUT2D eigenvalue weighted by atomic mass is 16.5. The van der Waals surface area contributed by atoms with Crippen molar-refractivity contribution in [1.29, 1.82) is 0 Å². The molecule has 1 saturated heterocycles. The van der Waals surface area contributed by atoms with Crippen LogP contribution in [0.15, 0.2) is 72.8 Å². The fourth-order valence-corrected chi connectivity index (χ4v) is 4.83. The van der Waals surface area contributed by atoms with E-state index < -0.39 is 0 Å². The number of carbonyl (C=O) groups excluding carboxylic acids is 1. The lowest BCUT2D eigenvalue weighted by Gasteiger charge is -2.20. The highest BCUT2D eigenvalue weighted by molar-refractivity contribution is 5.97. The van der Waals surface area contributed by atoms with Crippen molar-refractivity contribution in [2.75, 3.05) is 24.7 Å². The van der Waals surface area contributed by atoms with Gasteiger partial charge in [0.05, 0.1) is 29.9 Å². The van der Waals surface area contributed by atoms with Gasteiger partial charge < -0.3 is 18.9 Å². The van der Waals surface area contributed by atoms with Crippen LogP contribution in [0.4, 0.5) is 5.69 Å². The Morgan fingerprint density at radius 2 is 1.83 bits per heavy atom. The molecule has 4 aromatic rings. The van der Waals surface area contributed by atoms with Gasteiger partial charge in [0.25, 0.3) is 0 Å². The molecule has 2 heterocycles. The maximum absolute atomic E-state index is 13.1. The number of amides is 1. The van der Waals surface area contributed by atoms with Gasteiger partial charge in [-0.1, -0.05) is 36.4 Å². The van der Waals surface area contributed by atoms with Crippen LogP contribution >= 0.6 is 0 Å². The van der Waals surface area contributed by atoms with E-state index in [1.807, 2.05) is 66.4 Å². The molecule has 0 bridgehead atoms. The van der Waals surface area contributed by atoms with Gasteiger partial charge in [-0.15, -0.1) is 0 Å². The molecule has 1 aromatic heterocycles. The van der Waals surface area contributed by atoms with E-state index in [-0.39, 0.29) is 11.8 Å². The molecule has 6 heteroatoms. The second kappa shape index (κ2) is 10.2. The van der Waals surface area contributed by atoms with Gasteiger partial charge in [0.2, 0.25) is 5.91 Å². The van der Waals surface area contributed by atoms with E-state index in [4.69, 9.17) is 14.5 Å². The van der Waals surface area contributed by atoms with E-state index >= 15 is 0 Å². The van der Waals surface area contributed by atoms with E-state index in [0.717, 1.165) is 47.0 Å². The maximum Gasteiger partial charge on any atom is 0.227 e. The first-order valence-electron chi connectivity index (χ1n) is 12.3. The number of anilines is 1. The van der Waals surface area contributed by atoms with E-state index in [1.54, 1.807) is 0 Å². The Morgan fingerprint density at radius 3 is 2.69 bits per heavy atom. The van der Waals surface area contributed by atoms with Crippen LogP contribution in [-0.4, -0.2) is 35.2 Å². The number of aryl methyl sites for hydroxylation is 2. The predicted octanol–water partition coefficient (Wildman–Crippen LogP) is 5.73. The van der Waals surface area contributed by atoms with E-state index in [2.05, 4.69) is 29.7 Å². The van der Waals surface area contributed by atoms with Crippen molar-refractivity contribution in [3.05, 3.63) is 84.2 Å². The molecule has 0 unspecified atom stereocenters. The highest BCUT2D eigenvalue weighted by Gasteiger charge is 2.35. The standard InChI is InChI=1S/C29H31N3O3/c1-3-34-27-15-7-6-14-26(27)32-20-22(19-28(32)33)29-30-24-12-4-5-13-25(24)31(29)16-9-17-35-23-11-8-10-21(2)18-23/h4-8,10-15,18,22H,3,9,16-17,19-20H2,1-2H3/t22-/m1/s1. The molecule has 0 spiro atoms. The molecule has 6 nitrogen and oxygen atoms in total. The van der Waals surface area contributed by atoms with Crippen molar-refractivity contribution in [1.82, 2.24) is 9.55 Å². The Labute approximate surface area is 206 Å². The van der Waals surface area contributed by atoms with Crippen LogP contribution in [0.25, 0.3) is 11.0 Å². The number of aromatic nitrogens is 2. The van der Waals surface area contributed by atoms with Crippen molar-refractivity contribution in [3.8, 4) is 11.5 Å². The Hall–Kier alpha value is -3.80. The first-order chi connectivity index (χ1) is 17.1. The van der Waals surface area contributed by atoms with E-state index in [0.29, 0.717) is 26.2 Å². The minimum absolute atomic E-state index is 0.0160. The normalized spacial score (nSPS) is 15.7. The quantitative estimate of drug-likeness (QED) is 0.294. The van der Waals surface area contributed by atoms with Crippen molar-refractivity contribution >= 4 is 22.6 Å². The smallest absolute Gasteiger partial charge is 0.227 e. The Kier molecular flexibility index (Phi) is 6.70. The fraction of sp³-hybridized carbons (Fsp3) is 0.310. The number of carbonyl (C=O) groups is 1. The van der Waals surface area contributed by atoms with Crippen LogP contribution in [-0.2, 0) is 11.3 Å². The zero-order valence-electron chi connectivity index (χ0n) is 20.3. The summed E-state index contributed by atoms with van der Waals surface area (Å²) in [5.74, 6) is 2.72. The minimum Gasteiger partial charge on any atom is -0.494 e. The summed E-state index contributed by atoms with van der Waals surface area (Å²) in [6.45, 7) is 6.57. The predicted molar refractivity (Wildman–Crippen MR) is 138 cm³/mol. The molecular formula is C29H31N3O3. The van der Waals surface area contributed by atoms with Crippen molar-refractivity contribution in [2.45, 2.75) is 39.2 Å². The number of benzene rings is 3. The lowest BCUT2D eigenvalue weighted by Crippen LogP contribution is -2.25. The van der Waals surface area contributed by atoms with Crippen LogP contribution in [0.2, 0.25) is 0 Å². The molecule has 0 radical (unpaired) electrons. The lowest BCUT2D eigenvalue weighted by molar-refractivity contribution is -0.117. The summed E-state index contributed by atoms with van der Waals surface area (Å²) in [4.78, 5) is 19.9. The third-order valence-corrected chi connectivity index (χ3v) is 6.41.